The zero-order valence-corrected chi connectivity index (χ0v) is 13.9. The predicted molar refractivity (Wildman–Crippen MR) is 81.3 cm³/mol. The van der Waals surface area contributed by atoms with Crippen molar-refractivity contribution >= 4 is 15.9 Å². The molecule has 0 N–H and O–H groups in total. The summed E-state index contributed by atoms with van der Waals surface area (Å²) in [5, 5.41) is 0. The van der Waals surface area contributed by atoms with E-state index in [1.165, 1.54) is 0 Å². The van der Waals surface area contributed by atoms with Crippen molar-refractivity contribution in [3.63, 3.8) is 0 Å². The largest absolute Gasteiger partial charge is 0.493 e. The summed E-state index contributed by atoms with van der Waals surface area (Å²) < 4.78 is 28.1. The van der Waals surface area contributed by atoms with Gasteiger partial charge in [-0.25, -0.2) is 0 Å². The number of ether oxygens (including phenoxy) is 5. The molecular formula is C15H19BrO5. The van der Waals surface area contributed by atoms with Crippen molar-refractivity contribution in [1.29, 1.82) is 0 Å². The minimum atomic E-state index is -0.597. The van der Waals surface area contributed by atoms with Gasteiger partial charge in [-0.1, -0.05) is 15.9 Å². The molecule has 1 aliphatic heterocycles. The number of rotatable bonds is 7. The molecule has 0 radical (unpaired) electrons. The van der Waals surface area contributed by atoms with Crippen LogP contribution in [0.5, 0.6) is 11.5 Å². The Labute approximate surface area is 132 Å². The van der Waals surface area contributed by atoms with Gasteiger partial charge in [-0.2, -0.15) is 0 Å². The number of benzene rings is 1. The van der Waals surface area contributed by atoms with Gasteiger partial charge in [-0.05, 0) is 18.2 Å². The van der Waals surface area contributed by atoms with Crippen LogP contribution >= 0.6 is 15.9 Å². The lowest BCUT2D eigenvalue weighted by molar-refractivity contribution is -0.121. The number of hydrogen-bond donors (Lipinski definition) is 0. The standard InChI is InChI=1S/C15H19BrO5/c1-15(2)20-10-12(21-15)9-18-6-7-19-13-5-4-11(16)8-14(13)17-3/h4-5,8,10H,6-7,9H2,1-3H3. The monoisotopic (exact) mass is 358 g/mol. The van der Waals surface area contributed by atoms with E-state index in [0.29, 0.717) is 37.1 Å². The maximum atomic E-state index is 5.63. The molecule has 5 nitrogen and oxygen atoms in total. The van der Waals surface area contributed by atoms with Gasteiger partial charge in [0.25, 0.3) is 0 Å². The van der Waals surface area contributed by atoms with Gasteiger partial charge in [-0.15, -0.1) is 0 Å². The summed E-state index contributed by atoms with van der Waals surface area (Å²) in [7, 11) is 1.61. The van der Waals surface area contributed by atoms with Crippen molar-refractivity contribution in [3.8, 4) is 11.5 Å². The van der Waals surface area contributed by atoms with Crippen LogP contribution in [-0.4, -0.2) is 32.7 Å². The number of halogens is 1. The molecule has 0 saturated heterocycles. The SMILES string of the molecule is COc1cc(Br)ccc1OCCOCC1=COC(C)(C)O1. The molecule has 0 bridgehead atoms. The Morgan fingerprint density at radius 2 is 2.00 bits per heavy atom. The number of hydrogen-bond acceptors (Lipinski definition) is 5. The molecule has 6 heteroatoms. The van der Waals surface area contributed by atoms with Crippen LogP contribution in [0.3, 0.4) is 0 Å². The molecule has 21 heavy (non-hydrogen) atoms. The maximum Gasteiger partial charge on any atom is 0.244 e. The Morgan fingerprint density at radius 3 is 2.67 bits per heavy atom. The Kier molecular flexibility index (Phi) is 5.36. The molecule has 1 heterocycles. The third-order valence-electron chi connectivity index (χ3n) is 2.71. The summed E-state index contributed by atoms with van der Waals surface area (Å²) in [5.74, 6) is 1.45. The molecule has 0 amide bonds. The van der Waals surface area contributed by atoms with E-state index in [1.54, 1.807) is 13.4 Å². The Morgan fingerprint density at radius 1 is 1.19 bits per heavy atom. The van der Waals surface area contributed by atoms with Crippen molar-refractivity contribution in [2.45, 2.75) is 19.6 Å². The van der Waals surface area contributed by atoms with Crippen LogP contribution in [0.1, 0.15) is 13.8 Å². The highest BCUT2D eigenvalue weighted by Crippen LogP contribution is 2.30. The second-order valence-corrected chi connectivity index (χ2v) is 5.82. The van der Waals surface area contributed by atoms with Gasteiger partial charge in [0.1, 0.15) is 19.5 Å². The first-order valence-corrected chi connectivity index (χ1v) is 7.39. The zero-order chi connectivity index (χ0) is 15.3. The second kappa shape index (κ2) is 7.04. The van der Waals surface area contributed by atoms with Gasteiger partial charge in [-0.3, -0.25) is 0 Å². The molecule has 0 saturated carbocycles. The van der Waals surface area contributed by atoms with Gasteiger partial charge in [0, 0.05) is 18.3 Å². The fourth-order valence-electron chi connectivity index (χ4n) is 1.78. The van der Waals surface area contributed by atoms with Crippen molar-refractivity contribution in [2.24, 2.45) is 0 Å². The van der Waals surface area contributed by atoms with Crippen LogP contribution in [0.2, 0.25) is 0 Å². The molecule has 1 aromatic rings. The van der Waals surface area contributed by atoms with Crippen molar-refractivity contribution < 1.29 is 23.7 Å². The summed E-state index contributed by atoms with van der Waals surface area (Å²) in [4.78, 5) is 0. The minimum absolute atomic E-state index is 0.365. The summed E-state index contributed by atoms with van der Waals surface area (Å²) in [5.41, 5.74) is 0. The molecule has 116 valence electrons. The lowest BCUT2D eigenvalue weighted by Crippen LogP contribution is -2.21. The predicted octanol–water partition coefficient (Wildman–Crippen LogP) is 3.48. The van der Waals surface area contributed by atoms with Gasteiger partial charge in [0.05, 0.1) is 13.7 Å². The van der Waals surface area contributed by atoms with Gasteiger partial charge in [0.15, 0.2) is 17.3 Å². The summed E-state index contributed by atoms with van der Waals surface area (Å²) in [6.07, 6.45) is 1.58. The molecule has 0 unspecified atom stereocenters. The topological polar surface area (TPSA) is 46.2 Å². The molecule has 1 aliphatic rings. The van der Waals surface area contributed by atoms with E-state index in [1.807, 2.05) is 32.0 Å². The van der Waals surface area contributed by atoms with Gasteiger partial charge in [0.2, 0.25) is 5.79 Å². The Hall–Kier alpha value is -1.40. The highest BCUT2D eigenvalue weighted by molar-refractivity contribution is 9.10. The molecule has 0 spiro atoms. The first-order valence-electron chi connectivity index (χ1n) is 6.60. The molecule has 2 rings (SSSR count). The highest BCUT2D eigenvalue weighted by Gasteiger charge is 2.27. The van der Waals surface area contributed by atoms with E-state index in [0.717, 1.165) is 4.47 Å². The quantitative estimate of drug-likeness (QED) is 0.698. The zero-order valence-electron chi connectivity index (χ0n) is 12.3. The van der Waals surface area contributed by atoms with Crippen molar-refractivity contribution in [3.05, 3.63) is 34.7 Å². The molecule has 0 aromatic heterocycles. The summed E-state index contributed by atoms with van der Waals surface area (Å²) in [6, 6.07) is 5.60. The smallest absolute Gasteiger partial charge is 0.244 e. The maximum absolute atomic E-state index is 5.63. The normalized spacial score (nSPS) is 15.9. The van der Waals surface area contributed by atoms with Gasteiger partial charge >= 0.3 is 0 Å². The second-order valence-electron chi connectivity index (χ2n) is 4.90. The summed E-state index contributed by atoms with van der Waals surface area (Å²) in [6.45, 7) is 4.93. The molecule has 0 aliphatic carbocycles. The van der Waals surface area contributed by atoms with Gasteiger partial charge < -0.3 is 23.7 Å². The lowest BCUT2D eigenvalue weighted by Gasteiger charge is -2.18. The fourth-order valence-corrected chi connectivity index (χ4v) is 2.12. The van der Waals surface area contributed by atoms with Crippen LogP contribution in [0, 0.1) is 0 Å². The molecule has 0 atom stereocenters. The Bertz CT molecular complexity index is 513. The van der Waals surface area contributed by atoms with E-state index in [-0.39, 0.29) is 0 Å². The van der Waals surface area contributed by atoms with Crippen LogP contribution in [0.15, 0.2) is 34.7 Å². The molecule has 0 fully saturated rings. The van der Waals surface area contributed by atoms with E-state index >= 15 is 0 Å². The van der Waals surface area contributed by atoms with E-state index in [2.05, 4.69) is 15.9 Å². The van der Waals surface area contributed by atoms with Crippen LogP contribution < -0.4 is 9.47 Å². The molecule has 1 aromatic carbocycles. The minimum Gasteiger partial charge on any atom is -0.493 e. The van der Waals surface area contributed by atoms with Crippen LogP contribution in [0.25, 0.3) is 0 Å². The fraction of sp³-hybridized carbons (Fsp3) is 0.467. The first-order chi connectivity index (χ1) is 10.00. The Balaban J connectivity index is 1.69. The van der Waals surface area contributed by atoms with E-state index in [4.69, 9.17) is 23.7 Å². The van der Waals surface area contributed by atoms with Crippen molar-refractivity contribution in [2.75, 3.05) is 26.9 Å². The third kappa shape index (κ3) is 4.82. The summed E-state index contributed by atoms with van der Waals surface area (Å²) >= 11 is 3.38. The highest BCUT2D eigenvalue weighted by atomic mass is 79.9. The van der Waals surface area contributed by atoms with E-state index < -0.39 is 5.79 Å². The van der Waals surface area contributed by atoms with Crippen LogP contribution in [-0.2, 0) is 14.2 Å². The van der Waals surface area contributed by atoms with Crippen molar-refractivity contribution in [1.82, 2.24) is 0 Å². The first kappa shape index (κ1) is 16.0. The lowest BCUT2D eigenvalue weighted by atomic mass is 10.3. The van der Waals surface area contributed by atoms with Crippen LogP contribution in [0.4, 0.5) is 0 Å². The molecular weight excluding hydrogens is 340 g/mol. The number of methoxy groups -OCH3 is 1. The average molecular weight is 359 g/mol. The third-order valence-corrected chi connectivity index (χ3v) is 3.20. The average Bonchev–Trinajstić information content (AvgIpc) is 2.79. The van der Waals surface area contributed by atoms with E-state index in [9.17, 15) is 0 Å².